The second-order valence-corrected chi connectivity index (χ2v) is 5.33. The van der Waals surface area contributed by atoms with Gasteiger partial charge in [0.15, 0.2) is 11.5 Å². The van der Waals surface area contributed by atoms with Crippen molar-refractivity contribution in [2.75, 3.05) is 13.7 Å². The molecule has 1 aliphatic rings. The fourth-order valence-corrected chi connectivity index (χ4v) is 2.77. The normalized spacial score (nSPS) is 16.1. The Hall–Kier alpha value is -0.930. The molecule has 0 amide bonds. The van der Waals surface area contributed by atoms with Crippen LogP contribution in [-0.2, 0) is 6.54 Å². The molecule has 18 heavy (non-hydrogen) atoms. The van der Waals surface area contributed by atoms with Crippen molar-refractivity contribution in [1.29, 1.82) is 0 Å². The molecule has 1 saturated carbocycles. The van der Waals surface area contributed by atoms with Gasteiger partial charge >= 0.3 is 0 Å². The van der Waals surface area contributed by atoms with Crippen molar-refractivity contribution >= 4 is 11.6 Å². The molecule has 2 rings (SSSR count). The lowest BCUT2D eigenvalue weighted by molar-refractivity contribution is 0.369. The number of aromatic hydroxyl groups is 1. The summed E-state index contributed by atoms with van der Waals surface area (Å²) in [7, 11) is 1.53. The van der Waals surface area contributed by atoms with Crippen LogP contribution < -0.4 is 10.1 Å². The van der Waals surface area contributed by atoms with Gasteiger partial charge in [-0.3, -0.25) is 0 Å². The molecule has 0 bridgehead atoms. The minimum absolute atomic E-state index is 0.181. The molecule has 1 aromatic carbocycles. The third-order valence-corrected chi connectivity index (χ3v) is 3.78. The molecule has 1 aliphatic carbocycles. The second-order valence-electron chi connectivity index (χ2n) is 4.90. The molecular weight excluding hydrogens is 250 g/mol. The van der Waals surface area contributed by atoms with Gasteiger partial charge in [0.05, 0.1) is 7.11 Å². The summed E-state index contributed by atoms with van der Waals surface area (Å²) in [6, 6.07) is 3.40. The molecule has 3 nitrogen and oxygen atoms in total. The van der Waals surface area contributed by atoms with E-state index in [2.05, 4.69) is 5.32 Å². The first-order valence-corrected chi connectivity index (χ1v) is 6.84. The number of phenols is 1. The molecule has 1 fully saturated rings. The lowest BCUT2D eigenvalue weighted by atomic mass is 10.1. The summed E-state index contributed by atoms with van der Waals surface area (Å²) in [5, 5.41) is 14.0. The number of benzene rings is 1. The van der Waals surface area contributed by atoms with Crippen molar-refractivity contribution in [2.24, 2.45) is 5.92 Å². The maximum Gasteiger partial charge on any atom is 0.162 e. The smallest absolute Gasteiger partial charge is 0.162 e. The zero-order chi connectivity index (χ0) is 13.0. The van der Waals surface area contributed by atoms with Crippen LogP contribution in [0.3, 0.4) is 0 Å². The zero-order valence-corrected chi connectivity index (χ0v) is 11.5. The molecule has 0 unspecified atom stereocenters. The van der Waals surface area contributed by atoms with Crippen LogP contribution in [0.2, 0.25) is 5.02 Å². The number of ether oxygens (including phenoxy) is 1. The fraction of sp³-hybridized carbons (Fsp3) is 0.571. The summed E-state index contributed by atoms with van der Waals surface area (Å²) in [6.45, 7) is 1.63. The first kappa shape index (κ1) is 13.5. The van der Waals surface area contributed by atoms with E-state index >= 15 is 0 Å². The Labute approximate surface area is 113 Å². The number of rotatable bonds is 5. The summed E-state index contributed by atoms with van der Waals surface area (Å²) < 4.78 is 5.08. The molecule has 0 spiro atoms. The van der Waals surface area contributed by atoms with Gasteiger partial charge in [0.1, 0.15) is 0 Å². The highest BCUT2D eigenvalue weighted by Crippen LogP contribution is 2.33. The quantitative estimate of drug-likeness (QED) is 0.862. The van der Waals surface area contributed by atoms with Gasteiger partial charge in [-0.15, -0.1) is 0 Å². The standard InChI is InChI=1S/C14H20ClNO2/c1-18-13-7-12(15)6-11(14(13)17)9-16-8-10-4-2-3-5-10/h6-7,10,16-17H,2-5,8-9H2,1H3. The maximum atomic E-state index is 9.98. The number of halogens is 1. The van der Waals surface area contributed by atoms with Crippen LogP contribution in [0.1, 0.15) is 31.2 Å². The van der Waals surface area contributed by atoms with E-state index in [-0.39, 0.29) is 5.75 Å². The third kappa shape index (κ3) is 3.30. The highest BCUT2D eigenvalue weighted by Gasteiger charge is 2.15. The minimum Gasteiger partial charge on any atom is -0.504 e. The van der Waals surface area contributed by atoms with E-state index in [1.165, 1.54) is 32.8 Å². The van der Waals surface area contributed by atoms with Crippen LogP contribution >= 0.6 is 11.6 Å². The fourth-order valence-electron chi connectivity index (χ4n) is 2.54. The molecule has 0 saturated heterocycles. The van der Waals surface area contributed by atoms with E-state index in [9.17, 15) is 5.11 Å². The molecule has 100 valence electrons. The first-order chi connectivity index (χ1) is 8.70. The average Bonchev–Trinajstić information content (AvgIpc) is 2.86. The van der Waals surface area contributed by atoms with Gasteiger partial charge < -0.3 is 15.2 Å². The van der Waals surface area contributed by atoms with Crippen molar-refractivity contribution < 1.29 is 9.84 Å². The second kappa shape index (κ2) is 6.30. The summed E-state index contributed by atoms with van der Waals surface area (Å²) in [4.78, 5) is 0. The molecule has 2 N–H and O–H groups in total. The highest BCUT2D eigenvalue weighted by molar-refractivity contribution is 6.30. The summed E-state index contributed by atoms with van der Waals surface area (Å²) in [5.41, 5.74) is 0.789. The molecular formula is C14H20ClNO2. The van der Waals surface area contributed by atoms with Crippen molar-refractivity contribution in [3.8, 4) is 11.5 Å². The van der Waals surface area contributed by atoms with Crippen LogP contribution in [0, 0.1) is 5.92 Å². The predicted octanol–water partition coefficient (Wildman–Crippen LogP) is 3.33. The van der Waals surface area contributed by atoms with Crippen molar-refractivity contribution in [3.63, 3.8) is 0 Å². The van der Waals surface area contributed by atoms with Crippen LogP contribution in [0.25, 0.3) is 0 Å². The molecule has 0 aliphatic heterocycles. The summed E-state index contributed by atoms with van der Waals surface area (Å²) in [6.07, 6.45) is 5.33. The first-order valence-electron chi connectivity index (χ1n) is 6.47. The Balaban J connectivity index is 1.93. The van der Waals surface area contributed by atoms with Crippen molar-refractivity contribution in [2.45, 2.75) is 32.2 Å². The van der Waals surface area contributed by atoms with Gasteiger partial charge in [0.2, 0.25) is 0 Å². The zero-order valence-electron chi connectivity index (χ0n) is 10.7. The van der Waals surface area contributed by atoms with Crippen LogP contribution in [-0.4, -0.2) is 18.8 Å². The van der Waals surface area contributed by atoms with E-state index in [0.717, 1.165) is 18.0 Å². The number of methoxy groups -OCH3 is 1. The Kier molecular flexibility index (Phi) is 4.72. The van der Waals surface area contributed by atoms with Crippen molar-refractivity contribution in [1.82, 2.24) is 5.32 Å². The van der Waals surface area contributed by atoms with Gasteiger partial charge in [-0.2, -0.15) is 0 Å². The van der Waals surface area contributed by atoms with Gasteiger partial charge in [-0.05, 0) is 31.4 Å². The Morgan fingerprint density at radius 3 is 2.78 bits per heavy atom. The third-order valence-electron chi connectivity index (χ3n) is 3.56. The van der Waals surface area contributed by atoms with Gasteiger partial charge in [-0.25, -0.2) is 0 Å². The molecule has 0 atom stereocenters. The molecule has 4 heteroatoms. The lowest BCUT2D eigenvalue weighted by Gasteiger charge is -2.13. The summed E-state index contributed by atoms with van der Waals surface area (Å²) in [5.74, 6) is 1.40. The van der Waals surface area contributed by atoms with Crippen molar-refractivity contribution in [3.05, 3.63) is 22.7 Å². The maximum absolute atomic E-state index is 9.98. The van der Waals surface area contributed by atoms with Gasteiger partial charge in [-0.1, -0.05) is 24.4 Å². The van der Waals surface area contributed by atoms with Crippen LogP contribution in [0.4, 0.5) is 0 Å². The van der Waals surface area contributed by atoms with E-state index < -0.39 is 0 Å². The molecule has 0 radical (unpaired) electrons. The number of nitrogens with one attached hydrogen (secondary N) is 1. The van der Waals surface area contributed by atoms with E-state index in [1.54, 1.807) is 12.1 Å². The Bertz CT molecular complexity index is 403. The molecule has 0 aromatic heterocycles. The molecule has 0 heterocycles. The predicted molar refractivity (Wildman–Crippen MR) is 73.3 cm³/mol. The Morgan fingerprint density at radius 1 is 1.39 bits per heavy atom. The number of hydrogen-bond acceptors (Lipinski definition) is 3. The van der Waals surface area contributed by atoms with Crippen LogP contribution in [0.15, 0.2) is 12.1 Å². The number of phenolic OH excluding ortho intramolecular Hbond substituents is 1. The highest BCUT2D eigenvalue weighted by atomic mass is 35.5. The lowest BCUT2D eigenvalue weighted by Crippen LogP contribution is -2.20. The average molecular weight is 270 g/mol. The summed E-state index contributed by atoms with van der Waals surface area (Å²) >= 11 is 5.99. The topological polar surface area (TPSA) is 41.5 Å². The largest absolute Gasteiger partial charge is 0.504 e. The van der Waals surface area contributed by atoms with Crippen LogP contribution in [0.5, 0.6) is 11.5 Å². The SMILES string of the molecule is COc1cc(Cl)cc(CNCC2CCCC2)c1O. The van der Waals surface area contributed by atoms with Gasteiger partial charge in [0.25, 0.3) is 0 Å². The monoisotopic (exact) mass is 269 g/mol. The van der Waals surface area contributed by atoms with E-state index in [4.69, 9.17) is 16.3 Å². The van der Waals surface area contributed by atoms with E-state index in [1.807, 2.05) is 0 Å². The number of hydrogen-bond donors (Lipinski definition) is 2. The van der Waals surface area contributed by atoms with Gasteiger partial charge in [0, 0.05) is 23.2 Å². The minimum atomic E-state index is 0.181. The molecule has 1 aromatic rings. The van der Waals surface area contributed by atoms with E-state index in [0.29, 0.717) is 17.3 Å². The Morgan fingerprint density at radius 2 is 2.11 bits per heavy atom.